The number of benzene rings is 2. The van der Waals surface area contributed by atoms with Gasteiger partial charge in [0.2, 0.25) is 0 Å². The van der Waals surface area contributed by atoms with Crippen LogP contribution in [-0.4, -0.2) is 8.07 Å². The molecule has 0 unspecified atom stereocenters. The molecule has 0 heterocycles. The van der Waals surface area contributed by atoms with E-state index < -0.39 is 8.07 Å². The van der Waals surface area contributed by atoms with Gasteiger partial charge in [-0.15, -0.1) is 0 Å². The molecule has 0 aromatic heterocycles. The lowest BCUT2D eigenvalue weighted by Crippen LogP contribution is -2.37. The van der Waals surface area contributed by atoms with Gasteiger partial charge in [-0.05, 0) is 23.8 Å². The molecule has 0 aliphatic carbocycles. The van der Waals surface area contributed by atoms with E-state index in [2.05, 4.69) is 49.2 Å². The summed E-state index contributed by atoms with van der Waals surface area (Å²) < 4.78 is 13.6. The fourth-order valence-corrected chi connectivity index (χ4v) is 3.28. The van der Waals surface area contributed by atoms with Crippen molar-refractivity contribution in [3.8, 4) is 0 Å². The molecule has 0 amide bonds. The SMILES string of the molecule is C[Si](C)(C)c1ccc(CNc2ccc(Cl)cc2F)cc1. The van der Waals surface area contributed by atoms with Gasteiger partial charge in [-0.25, -0.2) is 4.39 Å². The van der Waals surface area contributed by atoms with Crippen LogP contribution in [0.3, 0.4) is 0 Å². The molecule has 4 heteroatoms. The molecule has 0 aliphatic rings. The summed E-state index contributed by atoms with van der Waals surface area (Å²) in [6.07, 6.45) is 0. The van der Waals surface area contributed by atoms with Crippen LogP contribution in [0.1, 0.15) is 5.56 Å². The van der Waals surface area contributed by atoms with E-state index >= 15 is 0 Å². The standard InChI is InChI=1S/C16H19ClFNSi/c1-20(2,3)14-7-4-12(5-8-14)11-19-16-9-6-13(17)10-15(16)18/h4-10,19H,11H2,1-3H3. The normalized spacial score (nSPS) is 11.4. The lowest BCUT2D eigenvalue weighted by molar-refractivity contribution is 0.630. The van der Waals surface area contributed by atoms with E-state index in [1.54, 1.807) is 12.1 Å². The van der Waals surface area contributed by atoms with Crippen molar-refractivity contribution in [2.75, 3.05) is 5.32 Å². The Kier molecular flexibility index (Phi) is 4.51. The Morgan fingerprint density at radius 1 is 1.05 bits per heavy atom. The van der Waals surface area contributed by atoms with E-state index in [1.165, 1.54) is 11.3 Å². The lowest BCUT2D eigenvalue weighted by atomic mass is 10.2. The van der Waals surface area contributed by atoms with Gasteiger partial charge in [0.1, 0.15) is 5.82 Å². The Morgan fingerprint density at radius 3 is 2.25 bits per heavy atom. The van der Waals surface area contributed by atoms with Crippen molar-refractivity contribution in [1.82, 2.24) is 0 Å². The first-order chi connectivity index (χ1) is 9.36. The Morgan fingerprint density at radius 2 is 1.70 bits per heavy atom. The highest BCUT2D eigenvalue weighted by Crippen LogP contribution is 2.19. The summed E-state index contributed by atoms with van der Waals surface area (Å²) in [6, 6.07) is 13.2. The highest BCUT2D eigenvalue weighted by atomic mass is 35.5. The van der Waals surface area contributed by atoms with Crippen LogP contribution in [-0.2, 0) is 6.54 Å². The molecular weight excluding hydrogens is 289 g/mol. The highest BCUT2D eigenvalue weighted by molar-refractivity contribution is 6.88. The van der Waals surface area contributed by atoms with Crippen LogP contribution in [0.2, 0.25) is 24.7 Å². The van der Waals surface area contributed by atoms with Gasteiger partial charge in [-0.3, -0.25) is 0 Å². The number of hydrogen-bond acceptors (Lipinski definition) is 1. The summed E-state index contributed by atoms with van der Waals surface area (Å²) in [5, 5.41) is 4.93. The van der Waals surface area contributed by atoms with Gasteiger partial charge in [-0.1, -0.05) is 60.7 Å². The first kappa shape index (κ1) is 15.1. The van der Waals surface area contributed by atoms with Crippen molar-refractivity contribution in [2.45, 2.75) is 26.2 Å². The molecule has 1 N–H and O–H groups in total. The molecule has 0 spiro atoms. The van der Waals surface area contributed by atoms with Crippen LogP contribution in [0.25, 0.3) is 0 Å². The molecule has 1 nitrogen and oxygen atoms in total. The molecule has 2 rings (SSSR count). The molecule has 0 atom stereocenters. The third kappa shape index (κ3) is 3.84. The predicted molar refractivity (Wildman–Crippen MR) is 88.2 cm³/mol. The average Bonchev–Trinajstić information content (AvgIpc) is 2.37. The number of rotatable bonds is 4. The second-order valence-electron chi connectivity index (χ2n) is 5.92. The largest absolute Gasteiger partial charge is 0.379 e. The van der Waals surface area contributed by atoms with Crippen molar-refractivity contribution in [2.24, 2.45) is 0 Å². The first-order valence-corrected chi connectivity index (χ1v) is 10.5. The zero-order valence-electron chi connectivity index (χ0n) is 12.0. The van der Waals surface area contributed by atoms with Crippen LogP contribution >= 0.6 is 11.6 Å². The molecular formula is C16H19ClFNSi. The van der Waals surface area contributed by atoms with Crippen LogP contribution in [0.5, 0.6) is 0 Å². The van der Waals surface area contributed by atoms with Crippen LogP contribution in [0.15, 0.2) is 42.5 Å². The predicted octanol–water partition coefficient (Wildman–Crippen LogP) is 4.64. The summed E-state index contributed by atoms with van der Waals surface area (Å²) in [5.74, 6) is -0.323. The molecule has 20 heavy (non-hydrogen) atoms. The zero-order chi connectivity index (χ0) is 14.8. The Labute approximate surface area is 125 Å². The molecule has 2 aromatic carbocycles. The van der Waals surface area contributed by atoms with E-state index in [0.29, 0.717) is 17.3 Å². The molecule has 0 saturated heterocycles. The molecule has 0 bridgehead atoms. The summed E-state index contributed by atoms with van der Waals surface area (Å²) in [6.45, 7) is 7.57. The van der Waals surface area contributed by atoms with Gasteiger partial charge < -0.3 is 5.32 Å². The van der Waals surface area contributed by atoms with Crippen molar-refractivity contribution < 1.29 is 4.39 Å². The molecule has 0 aliphatic heterocycles. The first-order valence-electron chi connectivity index (χ1n) is 6.64. The molecule has 0 radical (unpaired) electrons. The second kappa shape index (κ2) is 5.98. The molecule has 2 aromatic rings. The monoisotopic (exact) mass is 307 g/mol. The van der Waals surface area contributed by atoms with Gasteiger partial charge in [0, 0.05) is 11.6 Å². The number of anilines is 1. The maximum absolute atomic E-state index is 13.6. The Bertz CT molecular complexity index is 590. The summed E-state index contributed by atoms with van der Waals surface area (Å²) >= 11 is 5.73. The van der Waals surface area contributed by atoms with Crippen molar-refractivity contribution in [3.63, 3.8) is 0 Å². The number of nitrogens with one attached hydrogen (secondary N) is 1. The van der Waals surface area contributed by atoms with E-state index in [0.717, 1.165) is 5.56 Å². The van der Waals surface area contributed by atoms with Gasteiger partial charge >= 0.3 is 0 Å². The maximum atomic E-state index is 13.6. The third-order valence-electron chi connectivity index (χ3n) is 3.23. The minimum absolute atomic E-state index is 0.323. The highest BCUT2D eigenvalue weighted by Gasteiger charge is 2.15. The van der Waals surface area contributed by atoms with Crippen LogP contribution in [0.4, 0.5) is 10.1 Å². The molecule has 0 saturated carbocycles. The van der Waals surface area contributed by atoms with E-state index in [4.69, 9.17) is 11.6 Å². The maximum Gasteiger partial charge on any atom is 0.147 e. The summed E-state index contributed by atoms with van der Waals surface area (Å²) in [5.41, 5.74) is 1.62. The average molecular weight is 308 g/mol. The quantitative estimate of drug-likeness (QED) is 0.812. The van der Waals surface area contributed by atoms with E-state index in [1.807, 2.05) is 0 Å². The van der Waals surface area contributed by atoms with Crippen molar-refractivity contribution in [1.29, 1.82) is 0 Å². The van der Waals surface area contributed by atoms with Gasteiger partial charge in [0.05, 0.1) is 13.8 Å². The molecule has 0 fully saturated rings. The zero-order valence-corrected chi connectivity index (χ0v) is 13.8. The molecule has 106 valence electrons. The van der Waals surface area contributed by atoms with Gasteiger partial charge in [-0.2, -0.15) is 0 Å². The third-order valence-corrected chi connectivity index (χ3v) is 5.53. The fourth-order valence-electron chi connectivity index (χ4n) is 1.95. The van der Waals surface area contributed by atoms with Gasteiger partial charge in [0.15, 0.2) is 0 Å². The minimum atomic E-state index is -1.25. The summed E-state index contributed by atoms with van der Waals surface area (Å²) in [4.78, 5) is 0. The van der Waals surface area contributed by atoms with Crippen molar-refractivity contribution in [3.05, 3.63) is 58.9 Å². The second-order valence-corrected chi connectivity index (χ2v) is 11.4. The van der Waals surface area contributed by atoms with Crippen LogP contribution < -0.4 is 10.5 Å². The Hall–Kier alpha value is -1.32. The number of hydrogen-bond donors (Lipinski definition) is 1. The Balaban J connectivity index is 2.04. The minimum Gasteiger partial charge on any atom is -0.379 e. The smallest absolute Gasteiger partial charge is 0.147 e. The topological polar surface area (TPSA) is 12.0 Å². The lowest BCUT2D eigenvalue weighted by Gasteiger charge is -2.17. The van der Waals surface area contributed by atoms with E-state index in [9.17, 15) is 4.39 Å². The number of halogens is 2. The van der Waals surface area contributed by atoms with Gasteiger partial charge in [0.25, 0.3) is 0 Å². The summed E-state index contributed by atoms with van der Waals surface area (Å²) in [7, 11) is -1.25. The van der Waals surface area contributed by atoms with Crippen LogP contribution in [0, 0.1) is 5.82 Å². The van der Waals surface area contributed by atoms with Crippen molar-refractivity contribution >= 4 is 30.5 Å². The fraction of sp³-hybridized carbons (Fsp3) is 0.250. The van der Waals surface area contributed by atoms with E-state index in [-0.39, 0.29) is 5.82 Å².